The molecule has 2 heterocycles. The predicted molar refractivity (Wildman–Crippen MR) is 115 cm³/mol. The third-order valence-electron chi connectivity index (χ3n) is 4.73. The zero-order valence-electron chi connectivity index (χ0n) is 16.1. The van der Waals surface area contributed by atoms with Crippen LogP contribution in [0.3, 0.4) is 0 Å². The summed E-state index contributed by atoms with van der Waals surface area (Å²) in [6, 6.07) is 14.9. The molecule has 152 valence electrons. The monoisotopic (exact) mass is 468 g/mol. The lowest BCUT2D eigenvalue weighted by atomic mass is 10.1. The Kier molecular flexibility index (Phi) is 5.13. The summed E-state index contributed by atoms with van der Waals surface area (Å²) < 4.78 is 8.84. The first-order valence-electron chi connectivity index (χ1n) is 9.10. The zero-order chi connectivity index (χ0) is 21.4. The quantitative estimate of drug-likeness (QED) is 0.464. The van der Waals surface area contributed by atoms with Gasteiger partial charge < -0.3 is 9.72 Å². The van der Waals surface area contributed by atoms with Gasteiger partial charge in [0.1, 0.15) is 10.7 Å². The van der Waals surface area contributed by atoms with Crippen LogP contribution in [-0.2, 0) is 11.8 Å². The van der Waals surface area contributed by atoms with Gasteiger partial charge in [0.2, 0.25) is 0 Å². The van der Waals surface area contributed by atoms with E-state index in [1.807, 2.05) is 0 Å². The molecule has 0 saturated carbocycles. The lowest BCUT2D eigenvalue weighted by molar-refractivity contribution is 0.0322. The van der Waals surface area contributed by atoms with Crippen molar-refractivity contribution in [2.45, 2.75) is 13.0 Å². The zero-order valence-corrected chi connectivity index (χ0v) is 17.7. The maximum absolute atomic E-state index is 12.8. The molecule has 0 saturated heterocycles. The summed E-state index contributed by atoms with van der Waals surface area (Å²) in [6.07, 6.45) is -0.540. The fraction of sp³-hybridized carbons (Fsp3) is 0.143. The van der Waals surface area contributed by atoms with Crippen LogP contribution >= 0.6 is 15.9 Å². The summed E-state index contributed by atoms with van der Waals surface area (Å²) in [4.78, 5) is 40.6. The van der Waals surface area contributed by atoms with Gasteiger partial charge in [0, 0.05) is 7.05 Å². The number of rotatable bonds is 4. The Morgan fingerprint density at radius 2 is 1.87 bits per heavy atom. The van der Waals surface area contributed by atoms with Crippen LogP contribution in [0.5, 0.6) is 0 Å². The Morgan fingerprint density at radius 3 is 2.53 bits per heavy atom. The highest BCUT2D eigenvalue weighted by molar-refractivity contribution is 9.10. The van der Waals surface area contributed by atoms with E-state index in [4.69, 9.17) is 4.74 Å². The second-order valence-electron chi connectivity index (χ2n) is 6.73. The molecule has 2 aromatic heterocycles. The second-order valence-corrected chi connectivity index (χ2v) is 7.54. The van der Waals surface area contributed by atoms with Crippen LogP contribution < -0.4 is 11.2 Å². The number of aromatic nitrogens is 4. The number of H-pyrrole nitrogens is 1. The van der Waals surface area contributed by atoms with Crippen molar-refractivity contribution in [1.82, 2.24) is 19.3 Å². The summed E-state index contributed by atoms with van der Waals surface area (Å²) in [5.41, 5.74) is 0.622. The number of fused-ring (bicyclic) bond motifs is 1. The average Bonchev–Trinajstić information content (AvgIpc) is 3.06. The minimum atomic E-state index is -0.586. The Labute approximate surface area is 178 Å². The van der Waals surface area contributed by atoms with E-state index in [-0.39, 0.29) is 11.1 Å². The fourth-order valence-corrected chi connectivity index (χ4v) is 3.74. The minimum Gasteiger partial charge on any atom is -0.453 e. The second kappa shape index (κ2) is 7.75. The third kappa shape index (κ3) is 3.59. The van der Waals surface area contributed by atoms with Crippen LogP contribution in [0.2, 0.25) is 0 Å². The predicted octanol–water partition coefficient (Wildman–Crippen LogP) is 3.09. The summed E-state index contributed by atoms with van der Waals surface area (Å²) in [7, 11) is 1.75. The van der Waals surface area contributed by atoms with Crippen molar-refractivity contribution in [3.05, 3.63) is 91.3 Å². The topological polar surface area (TPSA) is 99.0 Å². The maximum atomic E-state index is 12.8. The number of halogens is 1. The van der Waals surface area contributed by atoms with Crippen LogP contribution in [0.25, 0.3) is 16.6 Å². The molecule has 2 aromatic carbocycles. The molecule has 0 amide bonds. The molecule has 1 atom stereocenters. The molecule has 1 unspecified atom stereocenters. The van der Waals surface area contributed by atoms with Crippen molar-refractivity contribution < 1.29 is 9.53 Å². The molecule has 0 radical (unpaired) electrons. The largest absolute Gasteiger partial charge is 0.453 e. The molecule has 0 aliphatic rings. The van der Waals surface area contributed by atoms with E-state index in [9.17, 15) is 14.4 Å². The van der Waals surface area contributed by atoms with Gasteiger partial charge in [-0.1, -0.05) is 18.2 Å². The molecule has 9 heteroatoms. The molecule has 8 nitrogen and oxygen atoms in total. The van der Waals surface area contributed by atoms with Gasteiger partial charge in [-0.25, -0.2) is 14.2 Å². The molecule has 4 rings (SSSR count). The van der Waals surface area contributed by atoms with Crippen molar-refractivity contribution in [3.8, 4) is 5.69 Å². The van der Waals surface area contributed by atoms with Crippen molar-refractivity contribution in [1.29, 1.82) is 0 Å². The molecular weight excluding hydrogens is 452 g/mol. The van der Waals surface area contributed by atoms with E-state index in [2.05, 4.69) is 26.0 Å². The number of nitrogens with one attached hydrogen (secondary N) is 1. The number of ether oxygens (including phenoxy) is 1. The number of nitrogens with zero attached hydrogens (tertiary/aromatic N) is 3. The fourth-order valence-electron chi connectivity index (χ4n) is 3.27. The van der Waals surface area contributed by atoms with Crippen LogP contribution in [-0.4, -0.2) is 25.3 Å². The number of benzene rings is 2. The standard InChI is InChI=1S/C21H17BrN4O4/c1-12(17-11-18(22)24-25(17)2)30-20(28)13-8-9-15-16(10-13)23-21(29)26(19(15)27)14-6-4-3-5-7-14/h3-12H,1-2H3,(H,23,29). The molecule has 30 heavy (non-hydrogen) atoms. The van der Waals surface area contributed by atoms with Gasteiger partial charge >= 0.3 is 11.7 Å². The first kappa shape index (κ1) is 19.8. The Bertz CT molecular complexity index is 1370. The van der Waals surface area contributed by atoms with Gasteiger partial charge in [0.05, 0.1) is 27.8 Å². The molecule has 0 aliphatic carbocycles. The van der Waals surface area contributed by atoms with Crippen molar-refractivity contribution >= 4 is 32.8 Å². The lowest BCUT2D eigenvalue weighted by Gasteiger charge is -2.14. The van der Waals surface area contributed by atoms with Gasteiger partial charge in [-0.15, -0.1) is 0 Å². The molecule has 4 aromatic rings. The summed E-state index contributed by atoms with van der Waals surface area (Å²) in [5.74, 6) is -0.574. The van der Waals surface area contributed by atoms with Crippen LogP contribution in [0.4, 0.5) is 0 Å². The third-order valence-corrected chi connectivity index (χ3v) is 5.12. The number of hydrogen-bond donors (Lipinski definition) is 1. The Hall–Kier alpha value is -3.46. The van der Waals surface area contributed by atoms with Gasteiger partial charge in [-0.05, 0) is 59.3 Å². The van der Waals surface area contributed by atoms with Crippen molar-refractivity contribution in [3.63, 3.8) is 0 Å². The van der Waals surface area contributed by atoms with E-state index in [1.165, 1.54) is 18.2 Å². The highest BCUT2D eigenvalue weighted by Crippen LogP contribution is 2.22. The Morgan fingerprint density at radius 1 is 1.13 bits per heavy atom. The molecule has 0 bridgehead atoms. The summed E-state index contributed by atoms with van der Waals surface area (Å²) >= 11 is 3.29. The van der Waals surface area contributed by atoms with Crippen molar-refractivity contribution in [2.75, 3.05) is 0 Å². The van der Waals surface area contributed by atoms with Gasteiger partial charge in [0.25, 0.3) is 5.56 Å². The molecule has 0 fully saturated rings. The first-order valence-corrected chi connectivity index (χ1v) is 9.89. The number of aromatic amines is 1. The smallest absolute Gasteiger partial charge is 0.338 e. The highest BCUT2D eigenvalue weighted by Gasteiger charge is 2.19. The lowest BCUT2D eigenvalue weighted by Crippen LogP contribution is -2.33. The summed E-state index contributed by atoms with van der Waals surface area (Å²) in [5, 5.41) is 4.46. The molecule has 0 spiro atoms. The van der Waals surface area contributed by atoms with Gasteiger partial charge in [-0.3, -0.25) is 9.48 Å². The van der Waals surface area contributed by atoms with Crippen LogP contribution in [0, 0.1) is 0 Å². The van der Waals surface area contributed by atoms with Gasteiger partial charge in [0.15, 0.2) is 0 Å². The highest BCUT2D eigenvalue weighted by atomic mass is 79.9. The number of carbonyl (C=O) groups is 1. The molecule has 1 N–H and O–H groups in total. The van der Waals surface area contributed by atoms with Crippen LogP contribution in [0.1, 0.15) is 29.1 Å². The number of para-hydroxylation sites is 1. The maximum Gasteiger partial charge on any atom is 0.338 e. The van der Waals surface area contributed by atoms with E-state index in [1.54, 1.807) is 55.1 Å². The SMILES string of the molecule is CC(OC(=O)c1ccc2c(=O)n(-c3ccccc3)c(=O)[nH]c2c1)c1cc(Br)nn1C. The van der Waals surface area contributed by atoms with Crippen molar-refractivity contribution in [2.24, 2.45) is 7.05 Å². The van der Waals surface area contributed by atoms with E-state index < -0.39 is 23.3 Å². The van der Waals surface area contributed by atoms with E-state index in [0.29, 0.717) is 15.7 Å². The Balaban J connectivity index is 1.68. The average molecular weight is 469 g/mol. The number of hydrogen-bond acceptors (Lipinski definition) is 5. The molecular formula is C21H17BrN4O4. The van der Waals surface area contributed by atoms with E-state index in [0.717, 1.165) is 10.3 Å². The number of esters is 1. The molecule has 0 aliphatic heterocycles. The van der Waals surface area contributed by atoms with Crippen LogP contribution in [0.15, 0.2) is 68.8 Å². The number of carbonyl (C=O) groups excluding carboxylic acids is 1. The summed E-state index contributed by atoms with van der Waals surface area (Å²) in [6.45, 7) is 1.74. The minimum absolute atomic E-state index is 0.225. The van der Waals surface area contributed by atoms with E-state index >= 15 is 0 Å². The first-order chi connectivity index (χ1) is 14.3. The van der Waals surface area contributed by atoms with Gasteiger partial charge in [-0.2, -0.15) is 5.10 Å². The number of aryl methyl sites for hydroxylation is 1. The normalized spacial score (nSPS) is 12.1.